The number of carbonyl (C=O) groups is 4. The number of benzene rings is 4. The Balaban J connectivity index is 1.26. The molecule has 24 heteroatoms. The van der Waals surface area contributed by atoms with E-state index in [1.54, 1.807) is 12.1 Å². The van der Waals surface area contributed by atoms with E-state index in [0.717, 1.165) is 23.3 Å². The molecule has 0 saturated carbocycles. The molecule has 4 aromatic rings. The first-order chi connectivity index (χ1) is 30.7. The van der Waals surface area contributed by atoms with Crippen LogP contribution in [0.15, 0.2) is 105 Å². The Morgan fingerprint density at radius 3 is 1.23 bits per heavy atom. The Morgan fingerprint density at radius 2 is 0.877 bits per heavy atom. The minimum atomic E-state index is -5.20. The highest BCUT2D eigenvalue weighted by Gasteiger charge is 2.57. The van der Waals surface area contributed by atoms with Crippen molar-refractivity contribution in [2.24, 2.45) is 20.5 Å². The van der Waals surface area contributed by atoms with Crippen molar-refractivity contribution in [1.82, 2.24) is 0 Å². The molecule has 0 saturated heterocycles. The van der Waals surface area contributed by atoms with Crippen molar-refractivity contribution in [3.05, 3.63) is 170 Å². The number of hydrogen-bond acceptors (Lipinski definition) is 14. The van der Waals surface area contributed by atoms with Crippen molar-refractivity contribution in [3.63, 3.8) is 0 Å². The summed E-state index contributed by atoms with van der Waals surface area (Å²) in [6.07, 6.45) is 0.797. The standard InChI is InChI=1S/C41H28N12O10S2/c1-39(2)17-41(25-15-19(11-13-23(25)39)62-64(58,59)37-29-21(7-5-9-27(29)46-50-42)33(54)35(56)31(37)48-52-44)18-40(3,4)24-14-12-20(16-26(24)41)63-65(60,61)38-30-22(8-6-10-28(30)47-51-43)34(55)36(57)32(38)49-53-45/h5-16H,17-18H2,1-4H3. The van der Waals surface area contributed by atoms with E-state index in [9.17, 15) is 58.1 Å². The number of ketones is 4. The molecule has 4 aromatic carbocycles. The maximum Gasteiger partial charge on any atom is 0.340 e. The normalized spacial score (nSPS) is 18.9. The van der Waals surface area contributed by atoms with Crippen molar-refractivity contribution in [3.8, 4) is 11.5 Å². The lowest BCUT2D eigenvalue weighted by Crippen LogP contribution is -2.28. The summed E-state index contributed by atoms with van der Waals surface area (Å²) in [5.74, 6) is -5.85. The van der Waals surface area contributed by atoms with Crippen LogP contribution in [0.2, 0.25) is 0 Å². The van der Waals surface area contributed by atoms with Crippen LogP contribution in [0, 0.1) is 0 Å². The third kappa shape index (κ3) is 6.65. The Kier molecular flexibility index (Phi) is 10.00. The average Bonchev–Trinajstić information content (AvgIpc) is 3.60. The summed E-state index contributed by atoms with van der Waals surface area (Å²) in [7, 11) is -10.4. The van der Waals surface area contributed by atoms with Crippen molar-refractivity contribution in [2.75, 3.05) is 0 Å². The van der Waals surface area contributed by atoms with Crippen LogP contribution < -0.4 is 8.37 Å². The van der Waals surface area contributed by atoms with Gasteiger partial charge < -0.3 is 8.37 Å². The lowest BCUT2D eigenvalue weighted by atomic mass is 9.72. The minimum Gasteiger partial charge on any atom is -0.379 e. The Morgan fingerprint density at radius 1 is 0.508 bits per heavy atom. The van der Waals surface area contributed by atoms with E-state index in [0.29, 0.717) is 24.0 Å². The number of nitrogens with zero attached hydrogens (tertiary/aromatic N) is 12. The molecule has 4 aliphatic rings. The van der Waals surface area contributed by atoms with Gasteiger partial charge in [-0.05, 0) is 92.3 Å². The van der Waals surface area contributed by atoms with E-state index in [-0.39, 0.29) is 22.9 Å². The van der Waals surface area contributed by atoms with Crippen LogP contribution >= 0.6 is 0 Å². The Hall–Kier alpha value is -8.22. The van der Waals surface area contributed by atoms with Gasteiger partial charge in [0.15, 0.2) is 0 Å². The minimum absolute atomic E-state index is 0.273. The van der Waals surface area contributed by atoms with Crippen molar-refractivity contribution < 1.29 is 44.4 Å². The molecule has 22 nitrogen and oxygen atoms in total. The topological polar surface area (TPSA) is 350 Å². The van der Waals surface area contributed by atoms with Crippen LogP contribution in [0.25, 0.3) is 51.6 Å². The SMILES string of the molecule is CC1(C)CC2(CC(C)(C)c3ccc(OS(=O)(=O)C4=C(N=[N+]=[N-])C(=O)C(=O)c5cccc(N=[N+]=[N-])c54)cc32)c2cc(OS(=O)(=O)C3=C(N=[N+]=[N-])C(=O)C(=O)c4cccc(N=[N+]=[N-])c43)ccc21. The molecule has 0 aromatic heterocycles. The van der Waals surface area contributed by atoms with Gasteiger partial charge in [-0.25, -0.2) is 0 Å². The van der Waals surface area contributed by atoms with Gasteiger partial charge in [0, 0.05) is 58.7 Å². The summed E-state index contributed by atoms with van der Waals surface area (Å²) in [6.45, 7) is 7.86. The number of azide groups is 4. The van der Waals surface area contributed by atoms with Crippen molar-refractivity contribution >= 4 is 64.6 Å². The van der Waals surface area contributed by atoms with Crippen molar-refractivity contribution in [2.45, 2.75) is 56.8 Å². The fourth-order valence-corrected chi connectivity index (χ4v) is 12.2. The van der Waals surface area contributed by atoms with Crippen LogP contribution in [-0.4, -0.2) is 40.0 Å². The van der Waals surface area contributed by atoms with Crippen LogP contribution in [0.3, 0.4) is 0 Å². The molecule has 0 fully saturated rings. The highest BCUT2D eigenvalue weighted by atomic mass is 32.2. The van der Waals surface area contributed by atoms with Gasteiger partial charge >= 0.3 is 20.2 Å². The van der Waals surface area contributed by atoms with Gasteiger partial charge in [-0.2, -0.15) is 16.8 Å². The van der Waals surface area contributed by atoms with E-state index in [1.807, 2.05) is 27.7 Å². The molecule has 324 valence electrons. The molecule has 65 heavy (non-hydrogen) atoms. The first-order valence-corrected chi connectivity index (χ1v) is 21.8. The molecule has 4 aliphatic carbocycles. The molecule has 0 bridgehead atoms. The summed E-state index contributed by atoms with van der Waals surface area (Å²) < 4.78 is 68.9. The largest absolute Gasteiger partial charge is 0.379 e. The molecule has 0 N–H and O–H groups in total. The molecular formula is C41H28N12O10S2. The smallest absolute Gasteiger partial charge is 0.340 e. The van der Waals surface area contributed by atoms with Gasteiger partial charge in [-0.1, -0.05) is 96.7 Å². The highest BCUT2D eigenvalue weighted by Crippen LogP contribution is 2.63. The van der Waals surface area contributed by atoms with E-state index < -0.39 is 103 Å². The lowest BCUT2D eigenvalue weighted by molar-refractivity contribution is -0.112. The summed E-state index contributed by atoms with van der Waals surface area (Å²) in [5, 5.41) is 13.5. The zero-order valence-electron chi connectivity index (χ0n) is 34.1. The van der Waals surface area contributed by atoms with Crippen LogP contribution in [0.5, 0.6) is 11.5 Å². The fraction of sp³-hybridized carbons (Fsp3) is 0.220. The van der Waals surface area contributed by atoms with Gasteiger partial charge in [-0.15, -0.1) is 0 Å². The second-order valence-electron chi connectivity index (χ2n) is 16.5. The number of allylic oxidation sites excluding steroid dienone is 2. The molecule has 0 atom stereocenters. The molecule has 1 spiro atoms. The number of hydrogen-bond donors (Lipinski definition) is 0. The number of fused-ring (bicyclic) bond motifs is 6. The monoisotopic (exact) mass is 912 g/mol. The Bertz CT molecular complexity index is 3250. The van der Waals surface area contributed by atoms with Gasteiger partial charge in [-0.3, -0.25) is 19.2 Å². The maximum absolute atomic E-state index is 14.4. The van der Waals surface area contributed by atoms with Crippen LogP contribution in [0.4, 0.5) is 11.4 Å². The highest BCUT2D eigenvalue weighted by molar-refractivity contribution is 7.97. The molecule has 8 rings (SSSR count). The predicted octanol–water partition coefficient (Wildman–Crippen LogP) is 9.53. The summed E-state index contributed by atoms with van der Waals surface area (Å²) in [4.78, 5) is 61.0. The molecular weight excluding hydrogens is 885 g/mol. The zero-order valence-corrected chi connectivity index (χ0v) is 35.7. The molecule has 0 amide bonds. The molecule has 0 radical (unpaired) electrons. The van der Waals surface area contributed by atoms with Gasteiger partial charge in [0.05, 0.1) is 0 Å². The van der Waals surface area contributed by atoms with Crippen LogP contribution in [0.1, 0.15) is 94.6 Å². The zero-order chi connectivity index (χ0) is 47.0. The molecule has 0 aliphatic heterocycles. The maximum atomic E-state index is 14.4. The van der Waals surface area contributed by atoms with E-state index >= 15 is 0 Å². The van der Waals surface area contributed by atoms with Gasteiger partial charge in [0.2, 0.25) is 23.1 Å². The van der Waals surface area contributed by atoms with Gasteiger partial charge in [0.1, 0.15) is 32.7 Å². The summed E-state index contributed by atoms with van der Waals surface area (Å²) in [6, 6.07) is 16.2. The lowest BCUT2D eigenvalue weighted by Gasteiger charge is -2.30. The third-order valence-corrected chi connectivity index (χ3v) is 14.4. The number of carbonyl (C=O) groups excluding carboxylic acids is 4. The van der Waals surface area contributed by atoms with E-state index in [2.05, 4.69) is 40.1 Å². The van der Waals surface area contributed by atoms with Gasteiger partial charge in [0.25, 0.3) is 0 Å². The van der Waals surface area contributed by atoms with E-state index in [4.69, 9.17) is 8.37 Å². The second-order valence-corrected chi connectivity index (χ2v) is 19.5. The molecule has 0 unspecified atom stereocenters. The average molecular weight is 913 g/mol. The predicted molar refractivity (Wildman–Crippen MR) is 229 cm³/mol. The first-order valence-electron chi connectivity index (χ1n) is 19.0. The number of Topliss-reactive ketones (excluding diaryl/α,β-unsaturated/α-hetero) is 4. The fourth-order valence-electron chi connectivity index (χ4n) is 9.61. The molecule has 0 heterocycles. The van der Waals surface area contributed by atoms with Crippen molar-refractivity contribution in [1.29, 1.82) is 0 Å². The third-order valence-electron chi connectivity index (χ3n) is 11.8. The van der Waals surface area contributed by atoms with Crippen LogP contribution in [-0.2, 0) is 46.1 Å². The summed E-state index contributed by atoms with van der Waals surface area (Å²) in [5.41, 5.74) is 32.8. The first kappa shape index (κ1) is 43.4. The Labute approximate surface area is 366 Å². The summed E-state index contributed by atoms with van der Waals surface area (Å²) >= 11 is 0. The number of rotatable bonds is 10. The second kappa shape index (κ2) is 15.0. The van der Waals surface area contributed by atoms with E-state index in [1.165, 1.54) is 48.5 Å². The quantitative estimate of drug-likeness (QED) is 0.0476.